The summed E-state index contributed by atoms with van der Waals surface area (Å²) < 4.78 is 0. The number of nitrogens with one attached hydrogen (secondary N) is 1. The lowest BCUT2D eigenvalue weighted by molar-refractivity contribution is -0.121. The molecule has 3 aromatic rings. The molecule has 0 spiro atoms. The van der Waals surface area contributed by atoms with Crippen molar-refractivity contribution >= 4 is 29.1 Å². The molecular formula is C26H26ClN3O2. The first kappa shape index (κ1) is 22.1. The number of hydrogen-bond donors (Lipinski definition) is 1. The predicted octanol–water partition coefficient (Wildman–Crippen LogP) is 4.79. The van der Waals surface area contributed by atoms with Crippen LogP contribution in [0.2, 0.25) is 5.02 Å². The number of piperazine rings is 1. The minimum atomic E-state index is -0.303. The van der Waals surface area contributed by atoms with Crippen molar-refractivity contribution in [2.75, 3.05) is 31.5 Å². The van der Waals surface area contributed by atoms with E-state index in [1.165, 1.54) is 0 Å². The molecule has 2 amide bonds. The first-order chi connectivity index (χ1) is 15.5. The van der Waals surface area contributed by atoms with E-state index >= 15 is 0 Å². The van der Waals surface area contributed by atoms with E-state index in [-0.39, 0.29) is 17.9 Å². The molecule has 1 aliphatic heterocycles. The molecule has 0 aliphatic carbocycles. The molecule has 0 bridgehead atoms. The first-order valence-electron chi connectivity index (χ1n) is 10.8. The zero-order chi connectivity index (χ0) is 22.5. The summed E-state index contributed by atoms with van der Waals surface area (Å²) in [6.45, 7) is 4.34. The Kier molecular flexibility index (Phi) is 6.88. The highest BCUT2D eigenvalue weighted by Gasteiger charge is 2.28. The summed E-state index contributed by atoms with van der Waals surface area (Å²) in [5, 5.41) is 3.65. The lowest BCUT2D eigenvalue weighted by Gasteiger charge is -2.37. The van der Waals surface area contributed by atoms with Gasteiger partial charge in [0.25, 0.3) is 5.91 Å². The summed E-state index contributed by atoms with van der Waals surface area (Å²) in [5.41, 5.74) is 3.44. The topological polar surface area (TPSA) is 52.7 Å². The van der Waals surface area contributed by atoms with Crippen LogP contribution in [0.5, 0.6) is 0 Å². The van der Waals surface area contributed by atoms with Gasteiger partial charge >= 0.3 is 0 Å². The Bertz CT molecular complexity index is 1090. The number of rotatable bonds is 5. The smallest absolute Gasteiger partial charge is 0.253 e. The third kappa shape index (κ3) is 5.01. The van der Waals surface area contributed by atoms with Crippen LogP contribution in [0.4, 0.5) is 5.69 Å². The third-order valence-electron chi connectivity index (χ3n) is 5.87. The quantitative estimate of drug-likeness (QED) is 0.611. The average molecular weight is 448 g/mol. The van der Waals surface area contributed by atoms with Crippen molar-refractivity contribution < 1.29 is 9.59 Å². The van der Waals surface area contributed by atoms with Gasteiger partial charge in [0.2, 0.25) is 5.91 Å². The monoisotopic (exact) mass is 447 g/mol. The highest BCUT2D eigenvalue weighted by Crippen LogP contribution is 2.28. The summed E-state index contributed by atoms with van der Waals surface area (Å²) >= 11 is 6.02. The molecule has 164 valence electrons. The molecule has 0 saturated carbocycles. The van der Waals surface area contributed by atoms with Crippen LogP contribution in [-0.4, -0.2) is 53.8 Å². The molecule has 0 aromatic heterocycles. The summed E-state index contributed by atoms with van der Waals surface area (Å²) in [4.78, 5) is 29.7. The number of nitrogens with zero attached hydrogens (tertiary/aromatic N) is 2. The molecule has 1 aliphatic rings. The van der Waals surface area contributed by atoms with Crippen molar-refractivity contribution in [1.82, 2.24) is 9.80 Å². The van der Waals surface area contributed by atoms with Gasteiger partial charge in [-0.2, -0.15) is 0 Å². The van der Waals surface area contributed by atoms with Crippen LogP contribution in [-0.2, 0) is 4.79 Å². The standard InChI is InChI=1S/C26H26ClN3O2/c1-19(25(31)28-24-13-6-5-12-23(24)20-8-3-2-4-9-20)29-14-16-30(17-15-29)26(32)21-10-7-11-22(27)18-21/h2-13,18-19H,14-17H2,1H3,(H,28,31). The van der Waals surface area contributed by atoms with Gasteiger partial charge in [-0.1, -0.05) is 66.2 Å². The van der Waals surface area contributed by atoms with Crippen LogP contribution in [0, 0.1) is 0 Å². The van der Waals surface area contributed by atoms with Gasteiger partial charge in [-0.25, -0.2) is 0 Å². The Labute approximate surface area is 193 Å². The van der Waals surface area contributed by atoms with Gasteiger partial charge < -0.3 is 10.2 Å². The minimum Gasteiger partial charge on any atom is -0.336 e. The molecule has 3 aromatic carbocycles. The predicted molar refractivity (Wildman–Crippen MR) is 129 cm³/mol. The van der Waals surface area contributed by atoms with E-state index in [1.54, 1.807) is 24.3 Å². The molecule has 4 rings (SSSR count). The van der Waals surface area contributed by atoms with Gasteiger partial charge in [-0.3, -0.25) is 14.5 Å². The SMILES string of the molecule is CC(C(=O)Nc1ccccc1-c1ccccc1)N1CCN(C(=O)c2cccc(Cl)c2)CC1. The lowest BCUT2D eigenvalue weighted by Crippen LogP contribution is -2.54. The molecule has 32 heavy (non-hydrogen) atoms. The van der Waals surface area contributed by atoms with Gasteiger partial charge in [-0.05, 0) is 36.8 Å². The van der Waals surface area contributed by atoms with Crippen LogP contribution >= 0.6 is 11.6 Å². The zero-order valence-corrected chi connectivity index (χ0v) is 18.8. The third-order valence-corrected chi connectivity index (χ3v) is 6.11. The van der Waals surface area contributed by atoms with Crippen molar-refractivity contribution in [2.45, 2.75) is 13.0 Å². The van der Waals surface area contributed by atoms with Gasteiger partial charge in [0, 0.05) is 48.0 Å². The Hall–Kier alpha value is -3.15. The Morgan fingerprint density at radius 3 is 2.28 bits per heavy atom. The number of para-hydroxylation sites is 1. The number of carbonyl (C=O) groups is 2. The summed E-state index contributed by atoms with van der Waals surface area (Å²) in [7, 11) is 0. The normalized spacial score (nSPS) is 15.2. The fourth-order valence-electron chi connectivity index (χ4n) is 3.98. The van der Waals surface area contributed by atoms with Gasteiger partial charge in [0.15, 0.2) is 0 Å². The first-order valence-corrected chi connectivity index (χ1v) is 11.1. The second-order valence-corrected chi connectivity index (χ2v) is 8.35. The Balaban J connectivity index is 1.37. The van der Waals surface area contributed by atoms with Gasteiger partial charge in [0.05, 0.1) is 6.04 Å². The Morgan fingerprint density at radius 2 is 1.56 bits per heavy atom. The molecule has 1 N–H and O–H groups in total. The summed E-state index contributed by atoms with van der Waals surface area (Å²) in [6.07, 6.45) is 0. The van der Waals surface area contributed by atoms with Crippen LogP contribution in [0.25, 0.3) is 11.1 Å². The van der Waals surface area contributed by atoms with Crippen molar-refractivity contribution in [1.29, 1.82) is 0 Å². The van der Waals surface area contributed by atoms with Crippen molar-refractivity contribution in [3.05, 3.63) is 89.4 Å². The molecule has 1 fully saturated rings. The lowest BCUT2D eigenvalue weighted by atomic mass is 10.0. The highest BCUT2D eigenvalue weighted by molar-refractivity contribution is 6.30. The van der Waals surface area contributed by atoms with Gasteiger partial charge in [0.1, 0.15) is 0 Å². The maximum Gasteiger partial charge on any atom is 0.253 e. The second kappa shape index (κ2) is 9.98. The molecule has 0 radical (unpaired) electrons. The van der Waals surface area contributed by atoms with Crippen molar-refractivity contribution in [3.63, 3.8) is 0 Å². The van der Waals surface area contributed by atoms with E-state index in [9.17, 15) is 9.59 Å². The number of amides is 2. The minimum absolute atomic E-state index is 0.0268. The number of benzene rings is 3. The fourth-order valence-corrected chi connectivity index (χ4v) is 4.17. The fraction of sp³-hybridized carbons (Fsp3) is 0.231. The summed E-state index contributed by atoms with van der Waals surface area (Å²) in [5.74, 6) is -0.0796. The highest BCUT2D eigenvalue weighted by atomic mass is 35.5. The number of anilines is 1. The van der Waals surface area contributed by atoms with Crippen LogP contribution in [0.1, 0.15) is 17.3 Å². The number of halogens is 1. The molecule has 1 unspecified atom stereocenters. The van der Waals surface area contributed by atoms with Crippen LogP contribution in [0.3, 0.4) is 0 Å². The zero-order valence-electron chi connectivity index (χ0n) is 18.0. The van der Waals surface area contributed by atoms with E-state index in [1.807, 2.05) is 66.4 Å². The largest absolute Gasteiger partial charge is 0.336 e. The molecule has 5 nitrogen and oxygen atoms in total. The summed E-state index contributed by atoms with van der Waals surface area (Å²) in [6, 6.07) is 24.5. The molecule has 1 heterocycles. The van der Waals surface area contributed by atoms with Crippen LogP contribution in [0.15, 0.2) is 78.9 Å². The van der Waals surface area contributed by atoms with Crippen molar-refractivity contribution in [2.24, 2.45) is 0 Å². The second-order valence-electron chi connectivity index (χ2n) is 7.92. The van der Waals surface area contributed by atoms with E-state index < -0.39 is 0 Å². The van der Waals surface area contributed by atoms with Crippen molar-refractivity contribution in [3.8, 4) is 11.1 Å². The Morgan fingerprint density at radius 1 is 0.875 bits per heavy atom. The van der Waals surface area contributed by atoms with Crippen LogP contribution < -0.4 is 5.32 Å². The molecule has 1 saturated heterocycles. The van der Waals surface area contributed by atoms with Gasteiger partial charge in [-0.15, -0.1) is 0 Å². The maximum absolute atomic E-state index is 13.0. The van der Waals surface area contributed by atoms with E-state index in [0.29, 0.717) is 36.8 Å². The molecule has 6 heteroatoms. The van der Waals surface area contributed by atoms with E-state index in [0.717, 1.165) is 16.8 Å². The number of carbonyl (C=O) groups excluding carboxylic acids is 2. The van der Waals surface area contributed by atoms with E-state index in [2.05, 4.69) is 10.2 Å². The number of hydrogen-bond acceptors (Lipinski definition) is 3. The maximum atomic E-state index is 13.0. The van der Waals surface area contributed by atoms with E-state index in [4.69, 9.17) is 11.6 Å². The molecule has 1 atom stereocenters. The molecular weight excluding hydrogens is 422 g/mol. The average Bonchev–Trinajstić information content (AvgIpc) is 2.84.